The predicted octanol–water partition coefficient (Wildman–Crippen LogP) is 17.8. The van der Waals surface area contributed by atoms with Gasteiger partial charge in [-0.3, -0.25) is 14.4 Å². The third-order valence-corrected chi connectivity index (χ3v) is 12.3. The van der Waals surface area contributed by atoms with Crippen LogP contribution in [0.1, 0.15) is 303 Å². The first-order valence-corrected chi connectivity index (χ1v) is 27.2. The molecule has 0 amide bonds. The van der Waals surface area contributed by atoms with Crippen molar-refractivity contribution in [3.63, 3.8) is 0 Å². The number of esters is 3. The summed E-state index contributed by atoms with van der Waals surface area (Å²) in [6.07, 6.45) is 56.2. The van der Waals surface area contributed by atoms with Crippen LogP contribution in [0.4, 0.5) is 0 Å². The molecule has 0 fully saturated rings. The highest BCUT2D eigenvalue weighted by Crippen LogP contribution is 2.17. The van der Waals surface area contributed by atoms with Gasteiger partial charge in [-0.05, 0) is 44.9 Å². The number of allylic oxidation sites excluding steroid dienone is 2. The molecule has 0 unspecified atom stereocenters. The minimum absolute atomic E-state index is 0.0655. The highest BCUT2D eigenvalue weighted by molar-refractivity contribution is 5.71. The standard InChI is InChI=1S/C55H104O6/c1-4-7-10-13-16-19-22-25-28-31-33-36-39-42-45-48-54(57)60-51-52(61-55(58)49-46-43-40-37-34-30-27-24-21-18-15-12-9-6-3)50-59-53(56)47-44-41-38-35-32-29-26-23-20-17-14-11-8-5-2/h19,22,52H,4-18,20-21,23-51H2,1-3H3/b22-19+/t52-/m1/s1. The van der Waals surface area contributed by atoms with Crippen LogP contribution in [0, 0.1) is 0 Å². The van der Waals surface area contributed by atoms with Crippen molar-refractivity contribution < 1.29 is 28.6 Å². The topological polar surface area (TPSA) is 78.9 Å². The van der Waals surface area contributed by atoms with Gasteiger partial charge in [0.1, 0.15) is 13.2 Å². The molecule has 0 aromatic heterocycles. The third-order valence-electron chi connectivity index (χ3n) is 12.3. The van der Waals surface area contributed by atoms with Crippen molar-refractivity contribution in [2.75, 3.05) is 13.2 Å². The Labute approximate surface area is 380 Å². The van der Waals surface area contributed by atoms with E-state index in [0.29, 0.717) is 19.3 Å². The summed E-state index contributed by atoms with van der Waals surface area (Å²) in [4.78, 5) is 38.0. The Morgan fingerprint density at radius 1 is 0.311 bits per heavy atom. The molecule has 0 aliphatic carbocycles. The van der Waals surface area contributed by atoms with Crippen molar-refractivity contribution in [1.29, 1.82) is 0 Å². The van der Waals surface area contributed by atoms with Gasteiger partial charge in [-0.25, -0.2) is 0 Å². The van der Waals surface area contributed by atoms with Gasteiger partial charge >= 0.3 is 17.9 Å². The zero-order chi connectivity index (χ0) is 44.4. The Kier molecular flexibility index (Phi) is 49.3. The Morgan fingerprint density at radius 2 is 0.541 bits per heavy atom. The molecule has 0 radical (unpaired) electrons. The van der Waals surface area contributed by atoms with Crippen LogP contribution in [0.3, 0.4) is 0 Å². The second kappa shape index (κ2) is 50.8. The van der Waals surface area contributed by atoms with Crippen LogP contribution >= 0.6 is 0 Å². The van der Waals surface area contributed by atoms with E-state index >= 15 is 0 Å². The number of rotatable bonds is 50. The van der Waals surface area contributed by atoms with Gasteiger partial charge < -0.3 is 14.2 Å². The van der Waals surface area contributed by atoms with Gasteiger partial charge in [-0.1, -0.05) is 251 Å². The lowest BCUT2D eigenvalue weighted by molar-refractivity contribution is -0.167. The molecule has 6 heteroatoms. The van der Waals surface area contributed by atoms with E-state index in [1.165, 1.54) is 205 Å². The van der Waals surface area contributed by atoms with Crippen molar-refractivity contribution in [2.45, 2.75) is 309 Å². The van der Waals surface area contributed by atoms with E-state index < -0.39 is 6.10 Å². The number of hydrogen-bond acceptors (Lipinski definition) is 6. The molecular weight excluding hydrogens is 757 g/mol. The zero-order valence-corrected chi connectivity index (χ0v) is 41.2. The summed E-state index contributed by atoms with van der Waals surface area (Å²) in [5, 5.41) is 0. The van der Waals surface area contributed by atoms with E-state index in [-0.39, 0.29) is 31.1 Å². The number of hydrogen-bond donors (Lipinski definition) is 0. The summed E-state index contributed by atoms with van der Waals surface area (Å²) in [5.41, 5.74) is 0. The third kappa shape index (κ3) is 49.0. The summed E-state index contributed by atoms with van der Waals surface area (Å²) in [6, 6.07) is 0. The fraction of sp³-hybridized carbons (Fsp3) is 0.909. The fourth-order valence-electron chi connectivity index (χ4n) is 8.14. The smallest absolute Gasteiger partial charge is 0.306 e. The molecule has 6 nitrogen and oxygen atoms in total. The molecule has 0 heterocycles. The lowest BCUT2D eigenvalue weighted by Gasteiger charge is -2.18. The van der Waals surface area contributed by atoms with Crippen LogP contribution in [0.5, 0.6) is 0 Å². The maximum Gasteiger partial charge on any atom is 0.306 e. The number of carbonyl (C=O) groups excluding carboxylic acids is 3. The van der Waals surface area contributed by atoms with Gasteiger partial charge in [-0.2, -0.15) is 0 Å². The average Bonchev–Trinajstić information content (AvgIpc) is 3.26. The Morgan fingerprint density at radius 3 is 0.836 bits per heavy atom. The number of carbonyl (C=O) groups is 3. The van der Waals surface area contributed by atoms with E-state index in [9.17, 15) is 14.4 Å². The maximum atomic E-state index is 12.8. The van der Waals surface area contributed by atoms with Crippen molar-refractivity contribution >= 4 is 17.9 Å². The van der Waals surface area contributed by atoms with Crippen LogP contribution in [0.2, 0.25) is 0 Å². The number of unbranched alkanes of at least 4 members (excludes halogenated alkanes) is 37. The van der Waals surface area contributed by atoms with Crippen molar-refractivity contribution in [3.05, 3.63) is 12.2 Å². The van der Waals surface area contributed by atoms with Gasteiger partial charge in [0.05, 0.1) is 0 Å². The first-order valence-electron chi connectivity index (χ1n) is 27.2. The normalized spacial score (nSPS) is 12.0. The van der Waals surface area contributed by atoms with E-state index in [0.717, 1.165) is 57.8 Å². The molecule has 0 aliphatic heterocycles. The molecule has 0 aliphatic rings. The molecule has 360 valence electrons. The number of ether oxygens (including phenoxy) is 3. The lowest BCUT2D eigenvalue weighted by Crippen LogP contribution is -2.30. The Bertz CT molecular complexity index is 947. The zero-order valence-electron chi connectivity index (χ0n) is 41.2. The SMILES string of the molecule is CCCCCC/C=C/CCCCCCCCCC(=O)OC[C@@H](COC(=O)CCCCCCCCCCCCCCCC)OC(=O)CCCCCCCCCCCCCCCC. The first-order chi connectivity index (χ1) is 30.0. The van der Waals surface area contributed by atoms with E-state index in [1.54, 1.807) is 0 Å². The molecule has 61 heavy (non-hydrogen) atoms. The summed E-state index contributed by atoms with van der Waals surface area (Å²) >= 11 is 0. The minimum atomic E-state index is -0.765. The summed E-state index contributed by atoms with van der Waals surface area (Å²) in [6.45, 7) is 6.67. The summed E-state index contributed by atoms with van der Waals surface area (Å²) in [7, 11) is 0. The molecule has 0 bridgehead atoms. The Hall–Kier alpha value is -1.85. The second-order valence-electron chi connectivity index (χ2n) is 18.5. The maximum absolute atomic E-state index is 12.8. The van der Waals surface area contributed by atoms with Crippen LogP contribution in [-0.4, -0.2) is 37.2 Å². The van der Waals surface area contributed by atoms with Crippen LogP contribution in [-0.2, 0) is 28.6 Å². The van der Waals surface area contributed by atoms with Crippen molar-refractivity contribution in [2.24, 2.45) is 0 Å². The van der Waals surface area contributed by atoms with Gasteiger partial charge in [-0.15, -0.1) is 0 Å². The van der Waals surface area contributed by atoms with Crippen molar-refractivity contribution in [1.82, 2.24) is 0 Å². The molecular formula is C55H104O6. The van der Waals surface area contributed by atoms with E-state index in [1.807, 2.05) is 0 Å². The summed E-state index contributed by atoms with van der Waals surface area (Å²) < 4.78 is 16.8. The monoisotopic (exact) mass is 861 g/mol. The highest BCUT2D eigenvalue weighted by Gasteiger charge is 2.19. The van der Waals surface area contributed by atoms with Gasteiger partial charge in [0.15, 0.2) is 6.10 Å². The van der Waals surface area contributed by atoms with Crippen LogP contribution in [0.15, 0.2) is 12.2 Å². The van der Waals surface area contributed by atoms with E-state index in [4.69, 9.17) is 14.2 Å². The summed E-state index contributed by atoms with van der Waals surface area (Å²) in [5.74, 6) is -0.850. The fourth-order valence-corrected chi connectivity index (χ4v) is 8.14. The van der Waals surface area contributed by atoms with Crippen LogP contribution in [0.25, 0.3) is 0 Å². The Balaban J connectivity index is 4.32. The first kappa shape index (κ1) is 59.1. The van der Waals surface area contributed by atoms with Gasteiger partial charge in [0.2, 0.25) is 0 Å². The van der Waals surface area contributed by atoms with Gasteiger partial charge in [0.25, 0.3) is 0 Å². The average molecular weight is 861 g/mol. The minimum Gasteiger partial charge on any atom is -0.462 e. The molecule has 0 aromatic rings. The lowest BCUT2D eigenvalue weighted by atomic mass is 10.0. The molecule has 0 saturated carbocycles. The van der Waals surface area contributed by atoms with Crippen LogP contribution < -0.4 is 0 Å². The molecule has 1 atom stereocenters. The van der Waals surface area contributed by atoms with Gasteiger partial charge in [0, 0.05) is 19.3 Å². The molecule has 0 rings (SSSR count). The van der Waals surface area contributed by atoms with E-state index in [2.05, 4.69) is 32.9 Å². The predicted molar refractivity (Wildman–Crippen MR) is 261 cm³/mol. The largest absolute Gasteiger partial charge is 0.462 e. The molecule has 0 N–H and O–H groups in total. The second-order valence-corrected chi connectivity index (χ2v) is 18.5. The quantitative estimate of drug-likeness (QED) is 0.0262. The van der Waals surface area contributed by atoms with Crippen molar-refractivity contribution in [3.8, 4) is 0 Å². The molecule has 0 saturated heterocycles. The molecule has 0 spiro atoms. The highest BCUT2D eigenvalue weighted by atomic mass is 16.6. The molecule has 0 aromatic carbocycles.